The van der Waals surface area contributed by atoms with E-state index in [0.717, 1.165) is 6.42 Å². The van der Waals surface area contributed by atoms with Crippen LogP contribution in [0.15, 0.2) is 34.9 Å². The van der Waals surface area contributed by atoms with Crippen LogP contribution in [0.3, 0.4) is 0 Å². The van der Waals surface area contributed by atoms with Gasteiger partial charge in [0.05, 0.1) is 0 Å². The predicted octanol–water partition coefficient (Wildman–Crippen LogP) is 3.27. The van der Waals surface area contributed by atoms with Crippen molar-refractivity contribution in [1.29, 1.82) is 0 Å². The molecule has 2 N–H and O–H groups in total. The number of nitrogens with zero attached hydrogens (tertiary/aromatic N) is 2. The lowest BCUT2D eigenvalue weighted by Gasteiger charge is -2.23. The minimum atomic E-state index is -0.541. The van der Waals surface area contributed by atoms with E-state index >= 15 is 0 Å². The largest absolute Gasteiger partial charge is 0.360 e. The van der Waals surface area contributed by atoms with E-state index in [1.165, 1.54) is 4.90 Å². The molecule has 3 amide bonds. The molecule has 2 heterocycles. The van der Waals surface area contributed by atoms with E-state index in [2.05, 4.69) is 15.8 Å². The lowest BCUT2D eigenvalue weighted by atomic mass is 10.2. The Balaban J connectivity index is 1.65. The van der Waals surface area contributed by atoms with Crippen LogP contribution in [0.5, 0.6) is 0 Å². The summed E-state index contributed by atoms with van der Waals surface area (Å²) in [6.45, 7) is 2.26. The Hall–Kier alpha value is -2.54. The van der Waals surface area contributed by atoms with Gasteiger partial charge in [-0.25, -0.2) is 4.79 Å². The molecular formula is C16H17ClN4O3. The molecule has 1 aliphatic rings. The van der Waals surface area contributed by atoms with Gasteiger partial charge in [0.25, 0.3) is 0 Å². The van der Waals surface area contributed by atoms with Crippen LogP contribution < -0.4 is 10.6 Å². The van der Waals surface area contributed by atoms with Gasteiger partial charge in [-0.05, 0) is 38.0 Å². The van der Waals surface area contributed by atoms with Gasteiger partial charge in [-0.15, -0.1) is 0 Å². The summed E-state index contributed by atoms with van der Waals surface area (Å²) in [5.74, 6) is 0.675. The fourth-order valence-corrected chi connectivity index (χ4v) is 2.87. The van der Waals surface area contributed by atoms with Gasteiger partial charge in [-0.3, -0.25) is 4.79 Å². The second-order valence-corrected chi connectivity index (χ2v) is 6.04. The number of aryl methyl sites for hydroxylation is 1. The van der Waals surface area contributed by atoms with Gasteiger partial charge >= 0.3 is 6.03 Å². The summed E-state index contributed by atoms with van der Waals surface area (Å²) in [6.07, 6.45) is 1.37. The molecule has 0 aliphatic carbocycles. The zero-order valence-corrected chi connectivity index (χ0v) is 13.8. The molecule has 1 aliphatic heterocycles. The summed E-state index contributed by atoms with van der Waals surface area (Å²) in [4.78, 5) is 26.4. The number of nitrogens with one attached hydrogen (secondary N) is 2. The summed E-state index contributed by atoms with van der Waals surface area (Å²) in [5.41, 5.74) is 0.589. The van der Waals surface area contributed by atoms with Crippen LogP contribution in [0.25, 0.3) is 0 Å². The van der Waals surface area contributed by atoms with E-state index in [1.54, 1.807) is 37.3 Å². The zero-order valence-electron chi connectivity index (χ0n) is 13.1. The van der Waals surface area contributed by atoms with Gasteiger partial charge in [-0.1, -0.05) is 22.8 Å². The number of urea groups is 1. The van der Waals surface area contributed by atoms with Gasteiger partial charge in [0, 0.05) is 23.3 Å². The molecule has 0 spiro atoms. The molecule has 3 rings (SSSR count). The first-order valence-corrected chi connectivity index (χ1v) is 7.98. The van der Waals surface area contributed by atoms with Crippen LogP contribution in [0.1, 0.15) is 18.6 Å². The number of rotatable bonds is 3. The normalized spacial score (nSPS) is 16.9. The van der Waals surface area contributed by atoms with E-state index in [0.29, 0.717) is 35.3 Å². The van der Waals surface area contributed by atoms with Crippen molar-refractivity contribution in [3.8, 4) is 0 Å². The highest BCUT2D eigenvalue weighted by molar-refractivity contribution is 6.30. The van der Waals surface area contributed by atoms with Crippen molar-refractivity contribution >= 4 is 35.0 Å². The molecular weight excluding hydrogens is 332 g/mol. The molecule has 0 radical (unpaired) electrons. The van der Waals surface area contributed by atoms with Crippen molar-refractivity contribution in [3.05, 3.63) is 41.1 Å². The molecule has 0 saturated carbocycles. The first-order valence-electron chi connectivity index (χ1n) is 7.60. The van der Waals surface area contributed by atoms with Crippen LogP contribution in [0.2, 0.25) is 5.02 Å². The van der Waals surface area contributed by atoms with E-state index < -0.39 is 6.04 Å². The Kier molecular flexibility index (Phi) is 4.71. The number of aromatic nitrogens is 1. The molecule has 1 saturated heterocycles. The lowest BCUT2D eigenvalue weighted by molar-refractivity contribution is -0.119. The molecule has 126 valence electrons. The molecule has 1 aromatic heterocycles. The summed E-state index contributed by atoms with van der Waals surface area (Å²) in [5, 5.41) is 9.71. The highest BCUT2D eigenvalue weighted by Crippen LogP contribution is 2.22. The van der Waals surface area contributed by atoms with Crippen LogP contribution in [0, 0.1) is 6.92 Å². The van der Waals surface area contributed by atoms with E-state index in [-0.39, 0.29) is 11.9 Å². The number of halogens is 1. The number of carbonyl (C=O) groups excluding carboxylic acids is 2. The maximum atomic E-state index is 12.5. The van der Waals surface area contributed by atoms with Crippen molar-refractivity contribution in [2.45, 2.75) is 25.8 Å². The fraction of sp³-hybridized carbons (Fsp3) is 0.312. The zero-order chi connectivity index (χ0) is 17.1. The molecule has 1 aromatic carbocycles. The first kappa shape index (κ1) is 16.3. The van der Waals surface area contributed by atoms with Crippen molar-refractivity contribution < 1.29 is 14.1 Å². The standard InChI is InChI=1S/C16H17ClN4O3/c1-10-8-14(20-24-10)19-15(22)13-6-3-7-21(13)16(23)18-12-5-2-4-11(17)9-12/h2,4-5,8-9,13H,3,6-7H2,1H3,(H,18,23)(H,19,20,22). The maximum Gasteiger partial charge on any atom is 0.322 e. The average Bonchev–Trinajstić information content (AvgIpc) is 3.16. The van der Waals surface area contributed by atoms with E-state index in [4.69, 9.17) is 16.1 Å². The number of benzene rings is 1. The Labute approximate surface area is 143 Å². The van der Waals surface area contributed by atoms with E-state index in [9.17, 15) is 9.59 Å². The van der Waals surface area contributed by atoms with Gasteiger partial charge in [0.1, 0.15) is 11.8 Å². The van der Waals surface area contributed by atoms with Gasteiger partial charge in [-0.2, -0.15) is 0 Å². The molecule has 2 aromatic rings. The number of hydrogen-bond donors (Lipinski definition) is 2. The van der Waals surface area contributed by atoms with Gasteiger partial charge in [0.2, 0.25) is 5.91 Å². The fourth-order valence-electron chi connectivity index (χ4n) is 2.68. The molecule has 1 fully saturated rings. The van der Waals surface area contributed by atoms with Crippen LogP contribution in [-0.4, -0.2) is 34.6 Å². The second kappa shape index (κ2) is 6.92. The van der Waals surface area contributed by atoms with Crippen LogP contribution in [0.4, 0.5) is 16.3 Å². The summed E-state index contributed by atoms with van der Waals surface area (Å²) < 4.78 is 4.92. The minimum Gasteiger partial charge on any atom is -0.360 e. The molecule has 1 unspecified atom stereocenters. The summed E-state index contributed by atoms with van der Waals surface area (Å²) in [7, 11) is 0. The van der Waals surface area contributed by atoms with E-state index in [1.807, 2.05) is 0 Å². The Bertz CT molecular complexity index is 761. The molecule has 0 bridgehead atoms. The summed E-state index contributed by atoms with van der Waals surface area (Å²) in [6, 6.07) is 7.63. The Morgan fingerprint density at radius 2 is 2.17 bits per heavy atom. The average molecular weight is 349 g/mol. The molecule has 24 heavy (non-hydrogen) atoms. The Morgan fingerprint density at radius 3 is 2.88 bits per heavy atom. The third-order valence-corrected chi connectivity index (χ3v) is 4.01. The van der Waals surface area contributed by atoms with Crippen LogP contribution >= 0.6 is 11.6 Å². The Morgan fingerprint density at radius 1 is 1.33 bits per heavy atom. The smallest absolute Gasteiger partial charge is 0.322 e. The molecule has 8 heteroatoms. The van der Waals surface area contributed by atoms with Crippen LogP contribution in [-0.2, 0) is 4.79 Å². The second-order valence-electron chi connectivity index (χ2n) is 5.60. The minimum absolute atomic E-state index is 0.276. The van der Waals surface area contributed by atoms with Crippen molar-refractivity contribution in [1.82, 2.24) is 10.1 Å². The van der Waals surface area contributed by atoms with Crippen molar-refractivity contribution in [2.24, 2.45) is 0 Å². The predicted molar refractivity (Wildman–Crippen MR) is 90.1 cm³/mol. The number of likely N-dealkylation sites (tertiary alicyclic amines) is 1. The SMILES string of the molecule is Cc1cc(NC(=O)C2CCCN2C(=O)Nc2cccc(Cl)c2)no1. The third kappa shape index (κ3) is 3.68. The monoisotopic (exact) mass is 348 g/mol. The number of anilines is 2. The molecule has 1 atom stereocenters. The van der Waals surface area contributed by atoms with Gasteiger partial charge in [0.15, 0.2) is 5.82 Å². The number of amides is 3. The lowest BCUT2D eigenvalue weighted by Crippen LogP contribution is -2.45. The number of carbonyl (C=O) groups is 2. The quantitative estimate of drug-likeness (QED) is 0.891. The highest BCUT2D eigenvalue weighted by Gasteiger charge is 2.34. The number of hydrogen-bond acceptors (Lipinski definition) is 4. The van der Waals surface area contributed by atoms with Crippen molar-refractivity contribution in [3.63, 3.8) is 0 Å². The topological polar surface area (TPSA) is 87.5 Å². The first-order chi connectivity index (χ1) is 11.5. The molecule has 7 nitrogen and oxygen atoms in total. The summed E-state index contributed by atoms with van der Waals surface area (Å²) >= 11 is 5.91. The van der Waals surface area contributed by atoms with Crippen molar-refractivity contribution in [2.75, 3.05) is 17.2 Å². The third-order valence-electron chi connectivity index (χ3n) is 3.77. The maximum absolute atomic E-state index is 12.5. The highest BCUT2D eigenvalue weighted by atomic mass is 35.5. The van der Waals surface area contributed by atoms with Gasteiger partial charge < -0.3 is 20.1 Å².